The molecule has 0 heterocycles. The molecule has 0 unspecified atom stereocenters. The highest BCUT2D eigenvalue weighted by Crippen LogP contribution is 2.53. The third kappa shape index (κ3) is 1.94. The summed E-state index contributed by atoms with van der Waals surface area (Å²) in [6, 6.07) is 5.76. The van der Waals surface area contributed by atoms with Crippen molar-refractivity contribution < 1.29 is 12.8 Å². The van der Waals surface area contributed by atoms with E-state index in [2.05, 4.69) is 0 Å². The summed E-state index contributed by atoms with van der Waals surface area (Å²) in [5, 5.41) is -0.662. The Hall–Kier alpha value is -0.980. The molecule has 0 amide bonds. The second kappa shape index (κ2) is 4.29. The van der Waals surface area contributed by atoms with Crippen LogP contribution < -0.4 is 11.5 Å². The van der Waals surface area contributed by atoms with Crippen LogP contribution in [0.2, 0.25) is 0 Å². The van der Waals surface area contributed by atoms with Crippen molar-refractivity contribution in [3.05, 3.63) is 35.6 Å². The molecule has 0 aliphatic heterocycles. The van der Waals surface area contributed by atoms with E-state index in [4.69, 9.17) is 11.5 Å². The van der Waals surface area contributed by atoms with Crippen LogP contribution in [-0.2, 0) is 9.84 Å². The third-order valence-corrected chi connectivity index (χ3v) is 5.96. The van der Waals surface area contributed by atoms with Crippen LogP contribution in [0.4, 0.5) is 4.39 Å². The van der Waals surface area contributed by atoms with E-state index in [1.165, 1.54) is 12.1 Å². The van der Waals surface area contributed by atoms with Gasteiger partial charge in [0.25, 0.3) is 0 Å². The standard InChI is InChI=1S/C12H17FN2O2S/c1-2-18(16,17)11-10(12(11,15)7-14)8-3-5-9(13)6-4-8/h3-6,10-11H,2,7,14-15H2,1H3/t10-,11+,12+/m0/s1. The Morgan fingerprint density at radius 2 is 1.89 bits per heavy atom. The molecule has 1 aromatic rings. The molecule has 0 radical (unpaired) electrons. The Bertz CT molecular complexity index is 544. The summed E-state index contributed by atoms with van der Waals surface area (Å²) in [7, 11) is -3.25. The summed E-state index contributed by atoms with van der Waals surface area (Å²) < 4.78 is 36.8. The van der Waals surface area contributed by atoms with Gasteiger partial charge < -0.3 is 11.5 Å². The van der Waals surface area contributed by atoms with E-state index in [9.17, 15) is 12.8 Å². The molecular weight excluding hydrogens is 255 g/mol. The lowest BCUT2D eigenvalue weighted by Gasteiger charge is -2.07. The topological polar surface area (TPSA) is 86.2 Å². The van der Waals surface area contributed by atoms with E-state index in [1.54, 1.807) is 19.1 Å². The maximum Gasteiger partial charge on any atom is 0.155 e. The van der Waals surface area contributed by atoms with Crippen molar-refractivity contribution in [3.8, 4) is 0 Å². The van der Waals surface area contributed by atoms with Crippen LogP contribution in [0.15, 0.2) is 24.3 Å². The maximum absolute atomic E-state index is 12.9. The first-order valence-corrected chi connectivity index (χ1v) is 7.54. The average molecular weight is 272 g/mol. The highest BCUT2D eigenvalue weighted by Gasteiger charge is 2.67. The fraction of sp³-hybridized carbons (Fsp3) is 0.500. The zero-order valence-electron chi connectivity index (χ0n) is 10.1. The minimum atomic E-state index is -3.25. The van der Waals surface area contributed by atoms with Gasteiger partial charge in [-0.2, -0.15) is 0 Å². The van der Waals surface area contributed by atoms with Crippen LogP contribution in [0.3, 0.4) is 0 Å². The van der Waals surface area contributed by atoms with E-state index >= 15 is 0 Å². The molecule has 0 saturated heterocycles. The Balaban J connectivity index is 2.37. The quantitative estimate of drug-likeness (QED) is 0.830. The van der Waals surface area contributed by atoms with E-state index < -0.39 is 20.6 Å². The van der Waals surface area contributed by atoms with Gasteiger partial charge in [-0.15, -0.1) is 0 Å². The van der Waals surface area contributed by atoms with Crippen molar-refractivity contribution in [3.63, 3.8) is 0 Å². The maximum atomic E-state index is 12.9. The van der Waals surface area contributed by atoms with Crippen LogP contribution in [0.5, 0.6) is 0 Å². The van der Waals surface area contributed by atoms with Gasteiger partial charge in [0.05, 0.1) is 10.8 Å². The lowest BCUT2D eigenvalue weighted by Crippen LogP contribution is -2.39. The van der Waals surface area contributed by atoms with Crippen molar-refractivity contribution in [2.24, 2.45) is 11.5 Å². The zero-order valence-corrected chi connectivity index (χ0v) is 11.0. The molecule has 0 aromatic heterocycles. The number of hydrogen-bond acceptors (Lipinski definition) is 4. The Kier molecular flexibility index (Phi) is 3.21. The first-order chi connectivity index (χ1) is 8.36. The molecule has 1 aromatic carbocycles. The molecule has 100 valence electrons. The minimum absolute atomic E-state index is 0.0360. The number of sulfone groups is 1. The summed E-state index contributed by atoms with van der Waals surface area (Å²) in [6.45, 7) is 1.69. The average Bonchev–Trinajstić information content (AvgIpc) is 2.98. The largest absolute Gasteiger partial charge is 0.329 e. The van der Waals surface area contributed by atoms with Gasteiger partial charge in [-0.05, 0) is 17.7 Å². The van der Waals surface area contributed by atoms with Crippen molar-refractivity contribution >= 4 is 9.84 Å². The summed E-state index contributed by atoms with van der Waals surface area (Å²) in [5.41, 5.74) is 11.5. The molecule has 0 bridgehead atoms. The van der Waals surface area contributed by atoms with E-state index in [0.717, 1.165) is 5.56 Å². The highest BCUT2D eigenvalue weighted by molar-refractivity contribution is 7.92. The van der Waals surface area contributed by atoms with Crippen LogP contribution in [-0.4, -0.2) is 31.5 Å². The van der Waals surface area contributed by atoms with Gasteiger partial charge in [0.1, 0.15) is 5.82 Å². The predicted octanol–water partition coefficient (Wildman–Crippen LogP) is 0.382. The lowest BCUT2D eigenvalue weighted by atomic mass is 10.1. The number of nitrogens with two attached hydrogens (primary N) is 2. The molecule has 1 aliphatic rings. The Labute approximate surface area is 106 Å². The molecule has 2 rings (SSSR count). The highest BCUT2D eigenvalue weighted by atomic mass is 32.2. The van der Waals surface area contributed by atoms with E-state index in [0.29, 0.717) is 0 Å². The molecule has 4 nitrogen and oxygen atoms in total. The van der Waals surface area contributed by atoms with Crippen molar-refractivity contribution in [2.45, 2.75) is 23.6 Å². The number of halogens is 1. The van der Waals surface area contributed by atoms with Gasteiger partial charge >= 0.3 is 0 Å². The summed E-state index contributed by atoms with van der Waals surface area (Å²) >= 11 is 0. The number of rotatable bonds is 4. The summed E-state index contributed by atoms with van der Waals surface area (Å²) in [6.07, 6.45) is 0. The van der Waals surface area contributed by atoms with E-state index in [-0.39, 0.29) is 24.0 Å². The molecule has 0 spiro atoms. The molecule has 4 N–H and O–H groups in total. The van der Waals surface area contributed by atoms with E-state index in [1.807, 2.05) is 0 Å². The van der Waals surface area contributed by atoms with Crippen molar-refractivity contribution in [1.29, 1.82) is 0 Å². The minimum Gasteiger partial charge on any atom is -0.329 e. The lowest BCUT2D eigenvalue weighted by molar-refractivity contribution is 0.587. The summed E-state index contributed by atoms with van der Waals surface area (Å²) in [5.74, 6) is -0.661. The van der Waals surface area contributed by atoms with Crippen molar-refractivity contribution in [2.75, 3.05) is 12.3 Å². The SMILES string of the molecule is CCS(=O)(=O)[C@@H]1[C@H](c2ccc(F)cc2)[C@]1(N)CN. The Morgan fingerprint density at radius 3 is 2.33 bits per heavy atom. The monoisotopic (exact) mass is 272 g/mol. The zero-order chi connectivity index (χ0) is 13.6. The van der Waals surface area contributed by atoms with Gasteiger partial charge in [-0.1, -0.05) is 19.1 Å². The molecule has 18 heavy (non-hydrogen) atoms. The number of benzene rings is 1. The fourth-order valence-electron chi connectivity index (χ4n) is 2.54. The van der Waals surface area contributed by atoms with Crippen LogP contribution >= 0.6 is 0 Å². The normalized spacial score (nSPS) is 31.3. The van der Waals surface area contributed by atoms with Crippen LogP contribution in [0.1, 0.15) is 18.4 Å². The second-order valence-corrected chi connectivity index (χ2v) is 7.13. The van der Waals surface area contributed by atoms with Gasteiger partial charge in [0.15, 0.2) is 9.84 Å². The first kappa shape index (κ1) is 13.5. The van der Waals surface area contributed by atoms with Gasteiger partial charge in [-0.3, -0.25) is 0 Å². The van der Waals surface area contributed by atoms with Crippen LogP contribution in [0, 0.1) is 5.82 Å². The smallest absolute Gasteiger partial charge is 0.155 e. The summed E-state index contributed by atoms with van der Waals surface area (Å²) in [4.78, 5) is 0. The van der Waals surface area contributed by atoms with Gasteiger partial charge in [0.2, 0.25) is 0 Å². The van der Waals surface area contributed by atoms with Gasteiger partial charge in [-0.25, -0.2) is 12.8 Å². The molecule has 3 atom stereocenters. The second-order valence-electron chi connectivity index (χ2n) is 4.72. The molecule has 6 heteroatoms. The molecule has 1 saturated carbocycles. The predicted molar refractivity (Wildman–Crippen MR) is 68.4 cm³/mol. The van der Waals surface area contributed by atoms with Gasteiger partial charge in [0, 0.05) is 18.2 Å². The van der Waals surface area contributed by atoms with Crippen LogP contribution in [0.25, 0.3) is 0 Å². The fourth-order valence-corrected chi connectivity index (χ4v) is 4.56. The molecule has 1 aliphatic carbocycles. The first-order valence-electron chi connectivity index (χ1n) is 5.83. The molecular formula is C12H17FN2O2S. The van der Waals surface area contributed by atoms with Crippen molar-refractivity contribution in [1.82, 2.24) is 0 Å². The molecule has 1 fully saturated rings. The third-order valence-electron chi connectivity index (χ3n) is 3.67. The number of hydrogen-bond donors (Lipinski definition) is 2. The Morgan fingerprint density at radius 1 is 1.33 bits per heavy atom.